The molecule has 0 spiro atoms. The zero-order chi connectivity index (χ0) is 13.0. The van der Waals surface area contributed by atoms with E-state index in [2.05, 4.69) is 36.5 Å². The largest absolute Gasteiger partial charge is 0.378 e. The van der Waals surface area contributed by atoms with E-state index < -0.39 is 0 Å². The standard InChI is InChI=1S/C14H20N2O2/c1-11-3-5-13(6-4-11)12(2)15-14(17)16-7-9-18-10-8-16/h3-6,12H,7-10H2,1-2H3,(H,15,17). The smallest absolute Gasteiger partial charge is 0.318 e. The van der Waals surface area contributed by atoms with Gasteiger partial charge in [0, 0.05) is 13.1 Å². The Kier molecular flexibility index (Phi) is 4.20. The molecule has 2 rings (SSSR count). The summed E-state index contributed by atoms with van der Waals surface area (Å²) in [5.41, 5.74) is 2.35. The maximum Gasteiger partial charge on any atom is 0.318 e. The second kappa shape index (κ2) is 5.87. The first-order chi connectivity index (χ1) is 8.66. The summed E-state index contributed by atoms with van der Waals surface area (Å²) in [6.45, 7) is 6.67. The quantitative estimate of drug-likeness (QED) is 0.870. The summed E-state index contributed by atoms with van der Waals surface area (Å²) in [6.07, 6.45) is 0. The van der Waals surface area contributed by atoms with Crippen LogP contribution >= 0.6 is 0 Å². The molecule has 1 unspecified atom stereocenters. The molecule has 0 radical (unpaired) electrons. The van der Waals surface area contributed by atoms with Crippen LogP contribution in [0.1, 0.15) is 24.1 Å². The lowest BCUT2D eigenvalue weighted by Gasteiger charge is -2.28. The van der Waals surface area contributed by atoms with Crippen molar-refractivity contribution < 1.29 is 9.53 Å². The fraction of sp³-hybridized carbons (Fsp3) is 0.500. The van der Waals surface area contributed by atoms with E-state index in [-0.39, 0.29) is 12.1 Å². The number of carbonyl (C=O) groups is 1. The first kappa shape index (κ1) is 12.9. The van der Waals surface area contributed by atoms with Crippen molar-refractivity contribution >= 4 is 6.03 Å². The number of hydrogen-bond donors (Lipinski definition) is 1. The van der Waals surface area contributed by atoms with Gasteiger partial charge in [0.2, 0.25) is 0 Å². The van der Waals surface area contributed by atoms with E-state index in [1.807, 2.05) is 6.92 Å². The van der Waals surface area contributed by atoms with Crippen molar-refractivity contribution in [3.63, 3.8) is 0 Å². The van der Waals surface area contributed by atoms with E-state index in [0.29, 0.717) is 26.3 Å². The highest BCUT2D eigenvalue weighted by Crippen LogP contribution is 2.13. The number of ether oxygens (including phenoxy) is 1. The summed E-state index contributed by atoms with van der Waals surface area (Å²) in [5.74, 6) is 0. The Morgan fingerprint density at radius 3 is 2.50 bits per heavy atom. The van der Waals surface area contributed by atoms with Crippen molar-refractivity contribution in [2.75, 3.05) is 26.3 Å². The summed E-state index contributed by atoms with van der Waals surface area (Å²) in [4.78, 5) is 13.8. The average Bonchev–Trinajstić information content (AvgIpc) is 2.40. The zero-order valence-corrected chi connectivity index (χ0v) is 11.0. The van der Waals surface area contributed by atoms with Crippen molar-refractivity contribution in [2.24, 2.45) is 0 Å². The Morgan fingerprint density at radius 1 is 1.28 bits per heavy atom. The molecule has 1 saturated heterocycles. The number of amides is 2. The van der Waals surface area contributed by atoms with Crippen molar-refractivity contribution in [3.05, 3.63) is 35.4 Å². The molecule has 18 heavy (non-hydrogen) atoms. The summed E-state index contributed by atoms with van der Waals surface area (Å²) >= 11 is 0. The molecule has 0 bridgehead atoms. The molecule has 1 heterocycles. The van der Waals surface area contributed by atoms with Crippen LogP contribution in [0.4, 0.5) is 4.79 Å². The van der Waals surface area contributed by atoms with Crippen LogP contribution in [0.3, 0.4) is 0 Å². The van der Waals surface area contributed by atoms with Crippen molar-refractivity contribution in [2.45, 2.75) is 19.9 Å². The van der Waals surface area contributed by atoms with Gasteiger partial charge in [-0.25, -0.2) is 4.79 Å². The number of nitrogens with zero attached hydrogens (tertiary/aromatic N) is 1. The molecule has 1 fully saturated rings. The highest BCUT2D eigenvalue weighted by molar-refractivity contribution is 5.74. The SMILES string of the molecule is Cc1ccc(C(C)NC(=O)N2CCOCC2)cc1. The molecule has 1 aliphatic heterocycles. The Labute approximate surface area is 108 Å². The molecule has 1 aromatic rings. The van der Waals surface area contributed by atoms with Gasteiger partial charge in [-0.05, 0) is 19.4 Å². The van der Waals surface area contributed by atoms with E-state index in [1.54, 1.807) is 4.90 Å². The number of aryl methyl sites for hydroxylation is 1. The Morgan fingerprint density at radius 2 is 1.89 bits per heavy atom. The molecule has 1 N–H and O–H groups in total. The molecule has 98 valence electrons. The van der Waals surface area contributed by atoms with Crippen LogP contribution in [0.5, 0.6) is 0 Å². The Bertz CT molecular complexity index is 397. The van der Waals surface area contributed by atoms with Gasteiger partial charge < -0.3 is 15.0 Å². The van der Waals surface area contributed by atoms with Crippen LogP contribution in [0, 0.1) is 6.92 Å². The van der Waals surface area contributed by atoms with E-state index >= 15 is 0 Å². The molecule has 4 heteroatoms. The number of morpholine rings is 1. The number of urea groups is 1. The number of hydrogen-bond acceptors (Lipinski definition) is 2. The van der Waals surface area contributed by atoms with Crippen molar-refractivity contribution in [1.82, 2.24) is 10.2 Å². The van der Waals surface area contributed by atoms with Gasteiger partial charge in [0.05, 0.1) is 19.3 Å². The first-order valence-electron chi connectivity index (χ1n) is 6.36. The molecule has 1 aromatic carbocycles. The minimum absolute atomic E-state index is 0.00799. The first-order valence-corrected chi connectivity index (χ1v) is 6.36. The van der Waals surface area contributed by atoms with Gasteiger partial charge in [0.1, 0.15) is 0 Å². The fourth-order valence-corrected chi connectivity index (χ4v) is 1.98. The Hall–Kier alpha value is -1.55. The fourth-order valence-electron chi connectivity index (χ4n) is 1.98. The minimum Gasteiger partial charge on any atom is -0.378 e. The van der Waals surface area contributed by atoms with E-state index in [0.717, 1.165) is 5.56 Å². The average molecular weight is 248 g/mol. The second-order valence-electron chi connectivity index (χ2n) is 4.68. The van der Waals surface area contributed by atoms with E-state index in [1.165, 1.54) is 5.56 Å². The normalized spacial score (nSPS) is 17.3. The van der Waals surface area contributed by atoms with Crippen LogP contribution in [0.15, 0.2) is 24.3 Å². The summed E-state index contributed by atoms with van der Waals surface area (Å²) in [5, 5.41) is 3.02. The van der Waals surface area contributed by atoms with Crippen LogP contribution in [0.25, 0.3) is 0 Å². The predicted molar refractivity (Wildman–Crippen MR) is 70.5 cm³/mol. The number of carbonyl (C=O) groups excluding carboxylic acids is 1. The molecule has 1 atom stereocenters. The molecule has 1 aliphatic rings. The zero-order valence-electron chi connectivity index (χ0n) is 11.0. The van der Waals surface area contributed by atoms with Crippen molar-refractivity contribution in [1.29, 1.82) is 0 Å². The third-order valence-corrected chi connectivity index (χ3v) is 3.22. The summed E-state index contributed by atoms with van der Waals surface area (Å²) in [6, 6.07) is 8.26. The van der Waals surface area contributed by atoms with Crippen LogP contribution < -0.4 is 5.32 Å². The van der Waals surface area contributed by atoms with Gasteiger partial charge in [-0.2, -0.15) is 0 Å². The Balaban J connectivity index is 1.91. The molecule has 0 saturated carbocycles. The molecule has 0 aromatic heterocycles. The van der Waals surface area contributed by atoms with E-state index in [4.69, 9.17) is 4.74 Å². The molecule has 2 amide bonds. The molecule has 4 nitrogen and oxygen atoms in total. The maximum atomic E-state index is 12.0. The lowest BCUT2D eigenvalue weighted by Crippen LogP contribution is -2.46. The predicted octanol–water partition coefficient (Wildman–Crippen LogP) is 2.10. The second-order valence-corrected chi connectivity index (χ2v) is 4.68. The molecular weight excluding hydrogens is 228 g/mol. The van der Waals surface area contributed by atoms with Crippen LogP contribution in [0.2, 0.25) is 0 Å². The van der Waals surface area contributed by atoms with Gasteiger partial charge in [-0.1, -0.05) is 29.8 Å². The third-order valence-electron chi connectivity index (χ3n) is 3.22. The summed E-state index contributed by atoms with van der Waals surface area (Å²) < 4.78 is 5.23. The minimum atomic E-state index is -0.00799. The van der Waals surface area contributed by atoms with Crippen molar-refractivity contribution in [3.8, 4) is 0 Å². The van der Waals surface area contributed by atoms with E-state index in [9.17, 15) is 4.79 Å². The number of nitrogens with one attached hydrogen (secondary N) is 1. The van der Waals surface area contributed by atoms with Gasteiger partial charge in [0.25, 0.3) is 0 Å². The van der Waals surface area contributed by atoms with Crippen LogP contribution in [-0.4, -0.2) is 37.2 Å². The topological polar surface area (TPSA) is 41.6 Å². The van der Waals surface area contributed by atoms with Gasteiger partial charge in [0.15, 0.2) is 0 Å². The lowest BCUT2D eigenvalue weighted by molar-refractivity contribution is 0.0526. The third kappa shape index (κ3) is 3.23. The number of rotatable bonds is 2. The number of benzene rings is 1. The van der Waals surface area contributed by atoms with Gasteiger partial charge >= 0.3 is 6.03 Å². The highest BCUT2D eigenvalue weighted by atomic mass is 16.5. The van der Waals surface area contributed by atoms with Gasteiger partial charge in [-0.15, -0.1) is 0 Å². The van der Waals surface area contributed by atoms with Gasteiger partial charge in [-0.3, -0.25) is 0 Å². The lowest BCUT2D eigenvalue weighted by atomic mass is 10.1. The summed E-state index contributed by atoms with van der Waals surface area (Å²) in [7, 11) is 0. The maximum absolute atomic E-state index is 12.0. The monoisotopic (exact) mass is 248 g/mol. The molecule has 0 aliphatic carbocycles. The molecular formula is C14H20N2O2. The highest BCUT2D eigenvalue weighted by Gasteiger charge is 2.18. The van der Waals surface area contributed by atoms with Crippen LogP contribution in [-0.2, 0) is 4.74 Å².